The third kappa shape index (κ3) is 2.62. The predicted octanol–water partition coefficient (Wildman–Crippen LogP) is 2.66. The zero-order valence-electron chi connectivity index (χ0n) is 8.03. The van der Waals surface area contributed by atoms with Crippen LogP contribution in [-0.2, 0) is 0 Å². The van der Waals surface area contributed by atoms with Gasteiger partial charge < -0.3 is 10.4 Å². The second-order valence-electron chi connectivity index (χ2n) is 3.05. The van der Waals surface area contributed by atoms with Crippen LogP contribution in [0.15, 0.2) is 30.8 Å². The molecule has 0 spiro atoms. The summed E-state index contributed by atoms with van der Waals surface area (Å²) in [6.45, 7) is 5.46. The highest BCUT2D eigenvalue weighted by Crippen LogP contribution is 2.14. The van der Waals surface area contributed by atoms with Gasteiger partial charge in [-0.2, -0.15) is 0 Å². The number of hydrogen-bond acceptors (Lipinski definition) is 1. The lowest BCUT2D eigenvalue weighted by atomic mass is 10.1. The van der Waals surface area contributed by atoms with Crippen LogP contribution >= 0.6 is 0 Å². The number of nitrogens with one attached hydrogen (secondary N) is 1. The quantitative estimate of drug-likeness (QED) is 0.771. The molecule has 14 heavy (non-hydrogen) atoms. The Kier molecular flexibility index (Phi) is 3.29. The minimum Gasteiger partial charge on any atom is -0.465 e. The van der Waals surface area contributed by atoms with E-state index < -0.39 is 6.09 Å². The molecule has 0 fully saturated rings. The third-order valence-corrected chi connectivity index (χ3v) is 1.99. The first-order valence-electron chi connectivity index (χ1n) is 4.35. The summed E-state index contributed by atoms with van der Waals surface area (Å²) >= 11 is 0. The molecule has 0 saturated heterocycles. The summed E-state index contributed by atoms with van der Waals surface area (Å²) in [4.78, 5) is 10.4. The van der Waals surface area contributed by atoms with E-state index in [0.29, 0.717) is 0 Å². The van der Waals surface area contributed by atoms with Gasteiger partial charge in [-0.15, -0.1) is 0 Å². The summed E-state index contributed by atoms with van der Waals surface area (Å²) in [5.74, 6) is 0. The molecule has 1 aromatic carbocycles. The van der Waals surface area contributed by atoms with E-state index >= 15 is 0 Å². The zero-order chi connectivity index (χ0) is 10.6. The van der Waals surface area contributed by atoms with Crippen LogP contribution < -0.4 is 5.32 Å². The van der Waals surface area contributed by atoms with Gasteiger partial charge in [0.15, 0.2) is 0 Å². The minimum atomic E-state index is -1.01. The van der Waals surface area contributed by atoms with Gasteiger partial charge in [-0.25, -0.2) is 4.79 Å². The molecule has 3 nitrogen and oxygen atoms in total. The Labute approximate surface area is 83.1 Å². The first-order valence-corrected chi connectivity index (χ1v) is 4.35. The van der Waals surface area contributed by atoms with Gasteiger partial charge in [0.25, 0.3) is 0 Å². The molecule has 1 rings (SSSR count). The summed E-state index contributed by atoms with van der Waals surface area (Å²) in [5.41, 5.74) is 1.92. The molecule has 1 aromatic rings. The van der Waals surface area contributed by atoms with E-state index in [1.165, 1.54) is 0 Å². The molecule has 2 N–H and O–H groups in total. The van der Waals surface area contributed by atoms with Crippen molar-refractivity contribution in [3.63, 3.8) is 0 Å². The SMILES string of the molecule is C=Cc1cccc([C@@H](C)NC(=O)O)c1. The average Bonchev–Trinajstić information content (AvgIpc) is 2.17. The molecule has 0 aromatic heterocycles. The van der Waals surface area contributed by atoms with Gasteiger partial charge in [-0.3, -0.25) is 0 Å². The van der Waals surface area contributed by atoms with Crippen molar-refractivity contribution in [3.8, 4) is 0 Å². The lowest BCUT2D eigenvalue weighted by molar-refractivity contribution is 0.191. The van der Waals surface area contributed by atoms with Gasteiger partial charge in [-0.05, 0) is 24.1 Å². The largest absolute Gasteiger partial charge is 0.465 e. The predicted molar refractivity (Wildman–Crippen MR) is 56.1 cm³/mol. The van der Waals surface area contributed by atoms with Gasteiger partial charge in [0, 0.05) is 0 Å². The Balaban J connectivity index is 2.83. The van der Waals surface area contributed by atoms with Gasteiger partial charge in [-0.1, -0.05) is 30.9 Å². The second-order valence-corrected chi connectivity index (χ2v) is 3.05. The Morgan fingerprint density at radius 3 is 2.93 bits per heavy atom. The normalized spacial score (nSPS) is 11.8. The smallest absolute Gasteiger partial charge is 0.405 e. The van der Waals surface area contributed by atoms with Crippen LogP contribution in [0.5, 0.6) is 0 Å². The van der Waals surface area contributed by atoms with Crippen LogP contribution in [0.1, 0.15) is 24.1 Å². The Bertz CT molecular complexity index is 347. The number of carbonyl (C=O) groups is 1. The van der Waals surface area contributed by atoms with Crippen LogP contribution in [0, 0.1) is 0 Å². The molecule has 0 unspecified atom stereocenters. The van der Waals surface area contributed by atoms with E-state index in [1.807, 2.05) is 24.3 Å². The Hall–Kier alpha value is -1.77. The number of benzene rings is 1. The van der Waals surface area contributed by atoms with Gasteiger partial charge in [0.1, 0.15) is 0 Å². The fraction of sp³-hybridized carbons (Fsp3) is 0.182. The monoisotopic (exact) mass is 191 g/mol. The number of hydrogen-bond donors (Lipinski definition) is 2. The van der Waals surface area contributed by atoms with Crippen LogP contribution in [0.2, 0.25) is 0 Å². The minimum absolute atomic E-state index is 0.201. The molecule has 0 aliphatic rings. The van der Waals surface area contributed by atoms with Crippen molar-refractivity contribution in [2.24, 2.45) is 0 Å². The molecular weight excluding hydrogens is 178 g/mol. The van der Waals surface area contributed by atoms with E-state index in [9.17, 15) is 4.79 Å². The van der Waals surface area contributed by atoms with Crippen LogP contribution in [0.3, 0.4) is 0 Å². The topological polar surface area (TPSA) is 49.3 Å². The van der Waals surface area contributed by atoms with Gasteiger partial charge in [0.05, 0.1) is 6.04 Å². The zero-order valence-corrected chi connectivity index (χ0v) is 8.03. The highest BCUT2D eigenvalue weighted by Gasteiger charge is 2.07. The number of carboxylic acid groups (broad SMARTS) is 1. The van der Waals surface area contributed by atoms with E-state index in [0.717, 1.165) is 11.1 Å². The first kappa shape index (κ1) is 10.3. The van der Waals surface area contributed by atoms with Crippen molar-refractivity contribution in [1.82, 2.24) is 5.32 Å². The highest BCUT2D eigenvalue weighted by molar-refractivity contribution is 5.65. The van der Waals surface area contributed by atoms with Crippen molar-refractivity contribution in [1.29, 1.82) is 0 Å². The summed E-state index contributed by atoms with van der Waals surface area (Å²) in [6.07, 6.45) is 0.721. The molecule has 0 bridgehead atoms. The average molecular weight is 191 g/mol. The fourth-order valence-corrected chi connectivity index (χ4v) is 1.22. The molecule has 0 aliphatic heterocycles. The standard InChI is InChI=1S/C11H13NO2/c1-3-9-5-4-6-10(7-9)8(2)12-11(13)14/h3-8,12H,1H2,2H3,(H,13,14)/t8-/m1/s1. The van der Waals surface area contributed by atoms with Crippen molar-refractivity contribution in [3.05, 3.63) is 42.0 Å². The summed E-state index contributed by atoms with van der Waals surface area (Å²) in [6, 6.07) is 7.39. The first-order chi connectivity index (χ1) is 6.63. The second kappa shape index (κ2) is 4.46. The van der Waals surface area contributed by atoms with Crippen molar-refractivity contribution in [2.45, 2.75) is 13.0 Å². The maximum absolute atomic E-state index is 10.4. The molecule has 0 heterocycles. The summed E-state index contributed by atoms with van der Waals surface area (Å²) < 4.78 is 0. The molecular formula is C11H13NO2. The van der Waals surface area contributed by atoms with Gasteiger partial charge >= 0.3 is 6.09 Å². The molecule has 74 valence electrons. The van der Waals surface area contributed by atoms with Crippen LogP contribution in [0.4, 0.5) is 4.79 Å². The third-order valence-electron chi connectivity index (χ3n) is 1.99. The van der Waals surface area contributed by atoms with Crippen molar-refractivity contribution in [2.75, 3.05) is 0 Å². The fourth-order valence-electron chi connectivity index (χ4n) is 1.22. The molecule has 3 heteroatoms. The van der Waals surface area contributed by atoms with Crippen LogP contribution in [0.25, 0.3) is 6.08 Å². The summed E-state index contributed by atoms with van der Waals surface area (Å²) in [5, 5.41) is 10.9. The molecule has 0 radical (unpaired) electrons. The van der Waals surface area contributed by atoms with E-state index in [2.05, 4.69) is 11.9 Å². The number of amides is 1. The lowest BCUT2D eigenvalue weighted by Gasteiger charge is -2.11. The maximum atomic E-state index is 10.4. The van der Waals surface area contributed by atoms with Gasteiger partial charge in [0.2, 0.25) is 0 Å². The highest BCUT2D eigenvalue weighted by atomic mass is 16.4. The number of rotatable bonds is 3. The lowest BCUT2D eigenvalue weighted by Crippen LogP contribution is -2.24. The molecule has 0 aliphatic carbocycles. The van der Waals surface area contributed by atoms with E-state index in [1.54, 1.807) is 13.0 Å². The molecule has 0 saturated carbocycles. The van der Waals surface area contributed by atoms with Crippen molar-refractivity contribution >= 4 is 12.2 Å². The molecule has 1 atom stereocenters. The molecule has 1 amide bonds. The Morgan fingerprint density at radius 1 is 1.64 bits per heavy atom. The maximum Gasteiger partial charge on any atom is 0.405 e. The summed E-state index contributed by atoms with van der Waals surface area (Å²) in [7, 11) is 0. The Morgan fingerprint density at radius 2 is 2.36 bits per heavy atom. The van der Waals surface area contributed by atoms with E-state index in [-0.39, 0.29) is 6.04 Å². The van der Waals surface area contributed by atoms with Crippen molar-refractivity contribution < 1.29 is 9.90 Å². The van der Waals surface area contributed by atoms with E-state index in [4.69, 9.17) is 5.11 Å². The van der Waals surface area contributed by atoms with Crippen LogP contribution in [-0.4, -0.2) is 11.2 Å².